The number of hydrogen-bond donors (Lipinski definition) is 0. The SMILES string of the molecule is O=C(Cc1ccoc1)CC1CCCCC1. The molecule has 0 unspecified atom stereocenters. The molecule has 2 heteroatoms. The zero-order chi connectivity index (χ0) is 10.5. The second-order valence-corrected chi connectivity index (χ2v) is 4.56. The second kappa shape index (κ2) is 5.15. The van der Waals surface area contributed by atoms with Gasteiger partial charge in [0.1, 0.15) is 5.78 Å². The van der Waals surface area contributed by atoms with Gasteiger partial charge in [0.25, 0.3) is 0 Å². The van der Waals surface area contributed by atoms with Gasteiger partial charge in [0, 0.05) is 12.8 Å². The molecule has 1 heterocycles. The first-order valence-corrected chi connectivity index (χ1v) is 5.87. The predicted molar refractivity (Wildman–Crippen MR) is 58.6 cm³/mol. The second-order valence-electron chi connectivity index (χ2n) is 4.56. The molecule has 0 N–H and O–H groups in total. The zero-order valence-corrected chi connectivity index (χ0v) is 9.08. The first-order valence-electron chi connectivity index (χ1n) is 5.87. The summed E-state index contributed by atoms with van der Waals surface area (Å²) in [7, 11) is 0. The number of carbonyl (C=O) groups is 1. The van der Waals surface area contributed by atoms with Crippen molar-refractivity contribution in [2.45, 2.75) is 44.9 Å². The number of hydrogen-bond acceptors (Lipinski definition) is 2. The van der Waals surface area contributed by atoms with Gasteiger partial charge in [-0.25, -0.2) is 0 Å². The minimum absolute atomic E-state index is 0.364. The average molecular weight is 206 g/mol. The highest BCUT2D eigenvalue weighted by atomic mass is 16.3. The van der Waals surface area contributed by atoms with Crippen molar-refractivity contribution in [1.29, 1.82) is 0 Å². The van der Waals surface area contributed by atoms with E-state index in [0.717, 1.165) is 12.0 Å². The van der Waals surface area contributed by atoms with Crippen LogP contribution in [0.1, 0.15) is 44.1 Å². The molecule has 1 fully saturated rings. The van der Waals surface area contributed by atoms with E-state index in [4.69, 9.17) is 4.42 Å². The Hall–Kier alpha value is -1.05. The summed E-state index contributed by atoms with van der Waals surface area (Å²) in [6, 6.07) is 1.87. The molecule has 0 radical (unpaired) electrons. The van der Waals surface area contributed by atoms with Crippen molar-refractivity contribution in [3.05, 3.63) is 24.2 Å². The Balaban J connectivity index is 1.76. The Morgan fingerprint density at radius 3 is 2.80 bits per heavy atom. The fraction of sp³-hybridized carbons (Fsp3) is 0.615. The summed E-state index contributed by atoms with van der Waals surface area (Å²) in [6.45, 7) is 0. The summed E-state index contributed by atoms with van der Waals surface area (Å²) >= 11 is 0. The Morgan fingerprint density at radius 2 is 2.13 bits per heavy atom. The van der Waals surface area contributed by atoms with Gasteiger partial charge in [-0.05, 0) is 17.5 Å². The largest absolute Gasteiger partial charge is 0.472 e. The topological polar surface area (TPSA) is 30.2 Å². The third-order valence-electron chi connectivity index (χ3n) is 3.22. The molecule has 2 nitrogen and oxygen atoms in total. The lowest BCUT2D eigenvalue weighted by Gasteiger charge is -2.20. The number of rotatable bonds is 4. The van der Waals surface area contributed by atoms with E-state index in [0.29, 0.717) is 18.1 Å². The van der Waals surface area contributed by atoms with E-state index in [2.05, 4.69) is 0 Å². The van der Waals surface area contributed by atoms with Gasteiger partial charge in [-0.2, -0.15) is 0 Å². The molecule has 1 aliphatic carbocycles. The Morgan fingerprint density at radius 1 is 1.33 bits per heavy atom. The maximum atomic E-state index is 11.7. The highest BCUT2D eigenvalue weighted by molar-refractivity contribution is 5.80. The van der Waals surface area contributed by atoms with Gasteiger partial charge < -0.3 is 4.42 Å². The normalized spacial score (nSPS) is 17.9. The van der Waals surface area contributed by atoms with Gasteiger partial charge in [-0.15, -0.1) is 0 Å². The zero-order valence-electron chi connectivity index (χ0n) is 9.08. The smallest absolute Gasteiger partial charge is 0.137 e. The third kappa shape index (κ3) is 3.22. The van der Waals surface area contributed by atoms with E-state index in [-0.39, 0.29) is 0 Å². The molecular formula is C13H18O2. The standard InChI is InChI=1S/C13H18O2/c14-13(9-12-6-7-15-10-12)8-11-4-2-1-3-5-11/h6-7,10-11H,1-5,8-9H2. The van der Waals surface area contributed by atoms with Crippen LogP contribution < -0.4 is 0 Å². The van der Waals surface area contributed by atoms with Crippen LogP contribution in [0.25, 0.3) is 0 Å². The van der Waals surface area contributed by atoms with E-state index in [9.17, 15) is 4.79 Å². The summed E-state index contributed by atoms with van der Waals surface area (Å²) in [5.41, 5.74) is 1.01. The number of carbonyl (C=O) groups excluding carboxylic acids is 1. The van der Waals surface area contributed by atoms with Gasteiger partial charge >= 0.3 is 0 Å². The molecule has 1 aliphatic rings. The van der Waals surface area contributed by atoms with Gasteiger partial charge in [0.15, 0.2) is 0 Å². The first-order chi connectivity index (χ1) is 7.34. The predicted octanol–water partition coefficient (Wildman–Crippen LogP) is 3.36. The van der Waals surface area contributed by atoms with Crippen molar-refractivity contribution in [1.82, 2.24) is 0 Å². The van der Waals surface area contributed by atoms with Crippen LogP contribution in [-0.4, -0.2) is 5.78 Å². The van der Waals surface area contributed by atoms with Crippen molar-refractivity contribution >= 4 is 5.78 Å². The Bertz CT molecular complexity index is 294. The van der Waals surface area contributed by atoms with E-state index in [1.165, 1.54) is 32.1 Å². The molecule has 1 aromatic heterocycles. The van der Waals surface area contributed by atoms with E-state index < -0.39 is 0 Å². The van der Waals surface area contributed by atoms with Crippen molar-refractivity contribution in [2.24, 2.45) is 5.92 Å². The van der Waals surface area contributed by atoms with E-state index in [1.807, 2.05) is 6.07 Å². The summed E-state index contributed by atoms with van der Waals surface area (Å²) in [6.07, 6.45) is 11.1. The number of furan rings is 1. The molecular weight excluding hydrogens is 188 g/mol. The summed E-state index contributed by atoms with van der Waals surface area (Å²) < 4.78 is 4.95. The van der Waals surface area contributed by atoms with Crippen LogP contribution >= 0.6 is 0 Å². The molecule has 1 saturated carbocycles. The van der Waals surface area contributed by atoms with E-state index >= 15 is 0 Å². The summed E-state index contributed by atoms with van der Waals surface area (Å²) in [5, 5.41) is 0. The lowest BCUT2D eigenvalue weighted by atomic mass is 9.85. The molecule has 2 rings (SSSR count). The quantitative estimate of drug-likeness (QED) is 0.756. The first kappa shape index (κ1) is 10.5. The molecule has 82 valence electrons. The molecule has 0 spiro atoms. The van der Waals surface area contributed by atoms with Crippen LogP contribution in [-0.2, 0) is 11.2 Å². The summed E-state index contributed by atoms with van der Waals surface area (Å²) in [5.74, 6) is 1.02. The monoisotopic (exact) mass is 206 g/mol. The molecule has 0 amide bonds. The van der Waals surface area contributed by atoms with Crippen LogP contribution in [0.3, 0.4) is 0 Å². The van der Waals surface area contributed by atoms with Crippen molar-refractivity contribution < 1.29 is 9.21 Å². The Labute approximate surface area is 90.7 Å². The van der Waals surface area contributed by atoms with Crippen molar-refractivity contribution in [3.63, 3.8) is 0 Å². The third-order valence-corrected chi connectivity index (χ3v) is 3.22. The number of Topliss-reactive ketones (excluding diaryl/α,β-unsaturated/α-hetero) is 1. The average Bonchev–Trinajstić information content (AvgIpc) is 2.71. The van der Waals surface area contributed by atoms with Gasteiger partial charge in [-0.3, -0.25) is 4.79 Å². The molecule has 0 aromatic carbocycles. The molecule has 1 aromatic rings. The number of ketones is 1. The lowest BCUT2D eigenvalue weighted by Crippen LogP contribution is -2.13. The van der Waals surface area contributed by atoms with Gasteiger partial charge in [0.05, 0.1) is 12.5 Å². The van der Waals surface area contributed by atoms with Crippen LogP contribution in [0, 0.1) is 5.92 Å². The lowest BCUT2D eigenvalue weighted by molar-refractivity contribution is -0.119. The van der Waals surface area contributed by atoms with Crippen molar-refractivity contribution in [2.75, 3.05) is 0 Å². The van der Waals surface area contributed by atoms with Crippen LogP contribution in [0.4, 0.5) is 0 Å². The fourth-order valence-corrected chi connectivity index (χ4v) is 2.41. The minimum atomic E-state index is 0.364. The van der Waals surface area contributed by atoms with E-state index in [1.54, 1.807) is 12.5 Å². The molecule has 0 aliphatic heterocycles. The Kier molecular flexibility index (Phi) is 3.59. The van der Waals surface area contributed by atoms with Crippen LogP contribution in [0.15, 0.2) is 23.0 Å². The molecule has 0 bridgehead atoms. The molecule has 15 heavy (non-hydrogen) atoms. The maximum absolute atomic E-state index is 11.7. The van der Waals surface area contributed by atoms with Gasteiger partial charge in [0.2, 0.25) is 0 Å². The maximum Gasteiger partial charge on any atom is 0.137 e. The van der Waals surface area contributed by atoms with Crippen molar-refractivity contribution in [3.8, 4) is 0 Å². The van der Waals surface area contributed by atoms with Gasteiger partial charge in [-0.1, -0.05) is 32.1 Å². The summed E-state index contributed by atoms with van der Waals surface area (Å²) in [4.78, 5) is 11.7. The van der Waals surface area contributed by atoms with Crippen LogP contribution in [0.2, 0.25) is 0 Å². The highest BCUT2D eigenvalue weighted by Crippen LogP contribution is 2.26. The fourth-order valence-electron chi connectivity index (χ4n) is 2.41. The minimum Gasteiger partial charge on any atom is -0.472 e. The van der Waals surface area contributed by atoms with Crippen LogP contribution in [0.5, 0.6) is 0 Å². The highest BCUT2D eigenvalue weighted by Gasteiger charge is 2.17. The molecule has 0 atom stereocenters. The molecule has 0 saturated heterocycles.